The minimum Gasteiger partial charge on any atom is -0.339 e. The summed E-state index contributed by atoms with van der Waals surface area (Å²) in [4.78, 5) is 4.47. The van der Waals surface area contributed by atoms with Crippen molar-refractivity contribution in [1.82, 2.24) is 10.1 Å². The average Bonchev–Trinajstić information content (AvgIpc) is 2.82. The molecule has 1 aromatic heterocycles. The Labute approximate surface area is 121 Å². The van der Waals surface area contributed by atoms with Crippen LogP contribution in [0.5, 0.6) is 0 Å². The van der Waals surface area contributed by atoms with E-state index in [-0.39, 0.29) is 5.92 Å². The molecule has 0 aliphatic rings. The summed E-state index contributed by atoms with van der Waals surface area (Å²) in [6.07, 6.45) is 0. The van der Waals surface area contributed by atoms with E-state index in [4.69, 9.17) is 10.3 Å². The summed E-state index contributed by atoms with van der Waals surface area (Å²) in [6.45, 7) is 6.75. The molecule has 0 spiro atoms. The predicted molar refractivity (Wildman–Crippen MR) is 78.8 cm³/mol. The van der Waals surface area contributed by atoms with Crippen molar-refractivity contribution >= 4 is 15.9 Å². The molecule has 0 fully saturated rings. The van der Waals surface area contributed by atoms with Crippen LogP contribution in [0.1, 0.15) is 31.2 Å². The van der Waals surface area contributed by atoms with Gasteiger partial charge in [0.05, 0.1) is 5.92 Å². The molecule has 0 aliphatic heterocycles. The lowest BCUT2D eigenvalue weighted by molar-refractivity contribution is 0.324. The summed E-state index contributed by atoms with van der Waals surface area (Å²) in [5.74, 6) is 1.71. The molecule has 0 aliphatic carbocycles. The van der Waals surface area contributed by atoms with E-state index in [0.29, 0.717) is 24.2 Å². The fourth-order valence-corrected chi connectivity index (χ4v) is 2.27. The van der Waals surface area contributed by atoms with Gasteiger partial charge in [-0.15, -0.1) is 0 Å². The quantitative estimate of drug-likeness (QED) is 0.935. The van der Waals surface area contributed by atoms with Crippen molar-refractivity contribution in [2.24, 2.45) is 11.7 Å². The van der Waals surface area contributed by atoms with Crippen LogP contribution >= 0.6 is 15.9 Å². The van der Waals surface area contributed by atoms with Crippen LogP contribution in [-0.2, 0) is 0 Å². The monoisotopic (exact) mass is 323 g/mol. The number of halogens is 1. The molecule has 0 saturated carbocycles. The van der Waals surface area contributed by atoms with Crippen molar-refractivity contribution in [3.63, 3.8) is 0 Å². The van der Waals surface area contributed by atoms with Crippen molar-refractivity contribution in [2.45, 2.75) is 26.7 Å². The van der Waals surface area contributed by atoms with Gasteiger partial charge in [-0.1, -0.05) is 47.1 Å². The first kappa shape index (κ1) is 14.2. The minimum absolute atomic E-state index is 0.107. The number of benzene rings is 1. The Morgan fingerprint density at radius 3 is 2.68 bits per heavy atom. The van der Waals surface area contributed by atoms with Crippen molar-refractivity contribution in [2.75, 3.05) is 6.54 Å². The first-order valence-corrected chi connectivity index (χ1v) is 7.12. The maximum absolute atomic E-state index is 5.76. The molecule has 4 nitrogen and oxygen atoms in total. The Kier molecular flexibility index (Phi) is 4.37. The van der Waals surface area contributed by atoms with Crippen molar-refractivity contribution in [3.8, 4) is 11.4 Å². The second kappa shape index (κ2) is 5.84. The molecule has 102 valence electrons. The smallest absolute Gasteiger partial charge is 0.231 e. The van der Waals surface area contributed by atoms with Gasteiger partial charge in [0.15, 0.2) is 0 Å². The van der Waals surface area contributed by atoms with Gasteiger partial charge in [0.1, 0.15) is 0 Å². The van der Waals surface area contributed by atoms with E-state index in [2.05, 4.69) is 39.9 Å². The minimum atomic E-state index is 0.107. The predicted octanol–water partition coefficient (Wildman–Crippen LogP) is 3.51. The summed E-state index contributed by atoms with van der Waals surface area (Å²) in [7, 11) is 0. The lowest BCUT2D eigenvalue weighted by Gasteiger charge is -2.13. The van der Waals surface area contributed by atoms with E-state index in [9.17, 15) is 0 Å². The zero-order chi connectivity index (χ0) is 14.0. The van der Waals surface area contributed by atoms with Gasteiger partial charge in [0.2, 0.25) is 11.7 Å². The van der Waals surface area contributed by atoms with Crippen molar-refractivity contribution in [3.05, 3.63) is 34.1 Å². The molecular formula is C14H18BrN3O. The molecule has 1 aromatic carbocycles. The van der Waals surface area contributed by atoms with Crippen molar-refractivity contribution in [1.29, 1.82) is 0 Å². The highest BCUT2D eigenvalue weighted by Gasteiger charge is 2.21. The third-order valence-corrected chi connectivity index (χ3v) is 4.10. The van der Waals surface area contributed by atoms with Crippen LogP contribution in [0.25, 0.3) is 11.4 Å². The number of aryl methyl sites for hydroxylation is 1. The van der Waals surface area contributed by atoms with Crippen LogP contribution in [0, 0.1) is 12.8 Å². The largest absolute Gasteiger partial charge is 0.339 e. The summed E-state index contributed by atoms with van der Waals surface area (Å²) in [5.41, 5.74) is 7.87. The van der Waals surface area contributed by atoms with Crippen LogP contribution in [0.2, 0.25) is 0 Å². The second-order valence-corrected chi connectivity index (χ2v) is 5.86. The van der Waals surface area contributed by atoms with E-state index >= 15 is 0 Å². The van der Waals surface area contributed by atoms with Gasteiger partial charge < -0.3 is 10.3 Å². The lowest BCUT2D eigenvalue weighted by atomic mass is 9.96. The summed E-state index contributed by atoms with van der Waals surface area (Å²) < 4.78 is 6.38. The first-order chi connectivity index (χ1) is 9.02. The molecule has 2 N–H and O–H groups in total. The van der Waals surface area contributed by atoms with Crippen LogP contribution in [-0.4, -0.2) is 16.7 Å². The molecule has 1 unspecified atom stereocenters. The molecular weight excluding hydrogens is 306 g/mol. The molecule has 0 radical (unpaired) electrons. The molecule has 0 bridgehead atoms. The van der Waals surface area contributed by atoms with Crippen molar-refractivity contribution < 1.29 is 4.52 Å². The Morgan fingerprint density at radius 1 is 1.37 bits per heavy atom. The highest BCUT2D eigenvalue weighted by Crippen LogP contribution is 2.27. The fraction of sp³-hybridized carbons (Fsp3) is 0.429. The Morgan fingerprint density at radius 2 is 2.11 bits per heavy atom. The summed E-state index contributed by atoms with van der Waals surface area (Å²) in [5, 5.41) is 4.05. The molecule has 19 heavy (non-hydrogen) atoms. The number of nitrogens with zero attached hydrogens (tertiary/aromatic N) is 2. The van der Waals surface area contributed by atoms with E-state index in [1.165, 1.54) is 5.56 Å². The SMILES string of the molecule is Cc1ccc(-c2noc(C(CN)C(C)C)n2)cc1Br. The number of rotatable bonds is 4. The fourth-order valence-electron chi connectivity index (χ4n) is 1.89. The maximum atomic E-state index is 5.76. The third-order valence-electron chi connectivity index (χ3n) is 3.25. The number of aromatic nitrogens is 2. The Hall–Kier alpha value is -1.20. The molecule has 0 amide bonds. The zero-order valence-electron chi connectivity index (χ0n) is 11.4. The third kappa shape index (κ3) is 3.04. The van der Waals surface area contributed by atoms with Gasteiger partial charge in [-0.25, -0.2) is 0 Å². The molecule has 1 atom stereocenters. The van der Waals surface area contributed by atoms with Crippen LogP contribution < -0.4 is 5.73 Å². The zero-order valence-corrected chi connectivity index (χ0v) is 12.9. The van der Waals surface area contributed by atoms with Gasteiger partial charge in [-0.05, 0) is 24.5 Å². The second-order valence-electron chi connectivity index (χ2n) is 5.01. The van der Waals surface area contributed by atoms with E-state index in [1.807, 2.05) is 25.1 Å². The van der Waals surface area contributed by atoms with Gasteiger partial charge in [0.25, 0.3) is 0 Å². The number of hydrogen-bond acceptors (Lipinski definition) is 4. The van der Waals surface area contributed by atoms with Crippen LogP contribution in [0.4, 0.5) is 0 Å². The Bertz CT molecular complexity index is 566. The summed E-state index contributed by atoms with van der Waals surface area (Å²) >= 11 is 3.51. The van der Waals surface area contributed by atoms with E-state index in [0.717, 1.165) is 10.0 Å². The summed E-state index contributed by atoms with van der Waals surface area (Å²) in [6, 6.07) is 6.01. The topological polar surface area (TPSA) is 64.9 Å². The van der Waals surface area contributed by atoms with Gasteiger partial charge in [0, 0.05) is 16.6 Å². The number of hydrogen-bond donors (Lipinski definition) is 1. The molecule has 0 saturated heterocycles. The standard InChI is InChI=1S/C14H18BrN3O/c1-8(2)11(7-16)14-17-13(18-19-14)10-5-4-9(3)12(15)6-10/h4-6,8,11H,7,16H2,1-3H3. The van der Waals surface area contributed by atoms with E-state index < -0.39 is 0 Å². The molecule has 5 heteroatoms. The van der Waals surface area contributed by atoms with E-state index in [1.54, 1.807) is 0 Å². The normalized spacial score (nSPS) is 12.9. The van der Waals surface area contributed by atoms with Gasteiger partial charge >= 0.3 is 0 Å². The lowest BCUT2D eigenvalue weighted by Crippen LogP contribution is -2.18. The maximum Gasteiger partial charge on any atom is 0.231 e. The first-order valence-electron chi connectivity index (χ1n) is 6.33. The highest BCUT2D eigenvalue weighted by atomic mass is 79.9. The van der Waals surface area contributed by atoms with Crippen LogP contribution in [0.15, 0.2) is 27.2 Å². The molecule has 2 aromatic rings. The Balaban J connectivity index is 2.32. The van der Waals surface area contributed by atoms with Crippen LogP contribution in [0.3, 0.4) is 0 Å². The average molecular weight is 324 g/mol. The highest BCUT2D eigenvalue weighted by molar-refractivity contribution is 9.10. The van der Waals surface area contributed by atoms with Gasteiger partial charge in [-0.2, -0.15) is 4.98 Å². The number of nitrogens with two attached hydrogens (primary N) is 1. The van der Waals surface area contributed by atoms with Gasteiger partial charge in [-0.3, -0.25) is 0 Å². The molecule has 1 heterocycles. The molecule has 2 rings (SSSR count).